The monoisotopic (exact) mass is 298 g/mol. The van der Waals surface area contributed by atoms with Crippen LogP contribution in [0.5, 0.6) is 0 Å². The standard InChI is InChI=1S/C18H18O4/c1-11(19)17(12(2)20)9-15-7-5-6-8-16(15)10-18(13(3)21)14(4)22/h5-10H,1-4H3. The van der Waals surface area contributed by atoms with Crippen molar-refractivity contribution >= 4 is 35.3 Å². The third-order valence-electron chi connectivity index (χ3n) is 3.11. The van der Waals surface area contributed by atoms with Gasteiger partial charge in [0.05, 0.1) is 11.1 Å². The Hall–Kier alpha value is -2.62. The van der Waals surface area contributed by atoms with Crippen LogP contribution in [0, 0.1) is 0 Å². The Morgan fingerprint density at radius 2 is 0.909 bits per heavy atom. The molecule has 1 rings (SSSR count). The zero-order valence-electron chi connectivity index (χ0n) is 13.1. The maximum atomic E-state index is 11.5. The normalized spacial score (nSPS) is 9.64. The molecule has 0 radical (unpaired) electrons. The van der Waals surface area contributed by atoms with E-state index in [2.05, 4.69) is 0 Å². The summed E-state index contributed by atoms with van der Waals surface area (Å²) in [6, 6.07) is 6.94. The average Bonchev–Trinajstić information content (AvgIpc) is 2.41. The number of Topliss-reactive ketones (excluding diaryl/α,β-unsaturated/α-hetero) is 4. The minimum Gasteiger partial charge on any atom is -0.294 e. The van der Waals surface area contributed by atoms with Crippen LogP contribution in [0.2, 0.25) is 0 Å². The maximum absolute atomic E-state index is 11.5. The number of carbonyl (C=O) groups is 4. The van der Waals surface area contributed by atoms with Gasteiger partial charge in [-0.25, -0.2) is 0 Å². The summed E-state index contributed by atoms with van der Waals surface area (Å²) in [5.41, 5.74) is 1.35. The summed E-state index contributed by atoms with van der Waals surface area (Å²) >= 11 is 0. The number of hydrogen-bond donors (Lipinski definition) is 0. The van der Waals surface area contributed by atoms with E-state index in [1.54, 1.807) is 24.3 Å². The van der Waals surface area contributed by atoms with Crippen LogP contribution >= 0.6 is 0 Å². The fraction of sp³-hybridized carbons (Fsp3) is 0.222. The molecular weight excluding hydrogens is 280 g/mol. The Morgan fingerprint density at radius 1 is 0.636 bits per heavy atom. The molecule has 1 aromatic carbocycles. The molecule has 4 nitrogen and oxygen atoms in total. The Kier molecular flexibility index (Phi) is 5.87. The highest BCUT2D eigenvalue weighted by Crippen LogP contribution is 2.18. The van der Waals surface area contributed by atoms with Crippen LogP contribution in [0.1, 0.15) is 38.8 Å². The van der Waals surface area contributed by atoms with Crippen molar-refractivity contribution in [1.29, 1.82) is 0 Å². The Bertz CT molecular complexity index is 613. The molecule has 0 saturated heterocycles. The van der Waals surface area contributed by atoms with Crippen molar-refractivity contribution in [3.8, 4) is 0 Å². The third kappa shape index (κ3) is 4.45. The maximum Gasteiger partial charge on any atom is 0.163 e. The van der Waals surface area contributed by atoms with E-state index >= 15 is 0 Å². The lowest BCUT2D eigenvalue weighted by Crippen LogP contribution is -2.07. The molecular formula is C18H18O4. The van der Waals surface area contributed by atoms with Gasteiger partial charge in [-0.05, 0) is 51.0 Å². The molecule has 0 amide bonds. The summed E-state index contributed by atoms with van der Waals surface area (Å²) in [6.45, 7) is 5.29. The van der Waals surface area contributed by atoms with Gasteiger partial charge in [-0.15, -0.1) is 0 Å². The van der Waals surface area contributed by atoms with Crippen LogP contribution in [0.15, 0.2) is 35.4 Å². The number of carbonyl (C=O) groups excluding carboxylic acids is 4. The highest BCUT2D eigenvalue weighted by Gasteiger charge is 2.13. The van der Waals surface area contributed by atoms with Gasteiger partial charge in [0.2, 0.25) is 0 Å². The van der Waals surface area contributed by atoms with Crippen LogP contribution in [-0.4, -0.2) is 23.1 Å². The first kappa shape index (κ1) is 17.4. The second kappa shape index (κ2) is 7.41. The van der Waals surface area contributed by atoms with Crippen LogP contribution in [0.4, 0.5) is 0 Å². The minimum atomic E-state index is -0.329. The lowest BCUT2D eigenvalue weighted by molar-refractivity contribution is -0.120. The van der Waals surface area contributed by atoms with Crippen molar-refractivity contribution in [2.45, 2.75) is 27.7 Å². The lowest BCUT2D eigenvalue weighted by Gasteiger charge is -2.05. The van der Waals surface area contributed by atoms with Gasteiger partial charge in [0.1, 0.15) is 0 Å². The van der Waals surface area contributed by atoms with Crippen molar-refractivity contribution < 1.29 is 19.2 Å². The van der Waals surface area contributed by atoms with Crippen LogP contribution in [0.3, 0.4) is 0 Å². The van der Waals surface area contributed by atoms with Gasteiger partial charge in [0.15, 0.2) is 23.1 Å². The van der Waals surface area contributed by atoms with Crippen molar-refractivity contribution in [3.05, 3.63) is 46.5 Å². The summed E-state index contributed by atoms with van der Waals surface area (Å²) in [7, 11) is 0. The van der Waals surface area contributed by atoms with E-state index in [4.69, 9.17) is 0 Å². The molecule has 4 heteroatoms. The lowest BCUT2D eigenvalue weighted by atomic mass is 9.97. The van der Waals surface area contributed by atoms with Gasteiger partial charge in [0, 0.05) is 0 Å². The molecule has 0 aliphatic rings. The molecule has 0 aliphatic carbocycles. The van der Waals surface area contributed by atoms with Gasteiger partial charge < -0.3 is 0 Å². The second-order valence-electron chi connectivity index (χ2n) is 4.97. The van der Waals surface area contributed by atoms with Gasteiger partial charge in [-0.1, -0.05) is 24.3 Å². The van der Waals surface area contributed by atoms with Crippen LogP contribution in [-0.2, 0) is 19.2 Å². The minimum absolute atomic E-state index is 0.0769. The molecule has 0 aromatic heterocycles. The van der Waals surface area contributed by atoms with Gasteiger partial charge in [0.25, 0.3) is 0 Å². The molecule has 0 atom stereocenters. The Morgan fingerprint density at radius 3 is 1.14 bits per heavy atom. The highest BCUT2D eigenvalue weighted by atomic mass is 16.2. The average molecular weight is 298 g/mol. The third-order valence-corrected chi connectivity index (χ3v) is 3.11. The number of hydrogen-bond acceptors (Lipinski definition) is 4. The van der Waals surface area contributed by atoms with E-state index in [0.717, 1.165) is 0 Å². The van der Waals surface area contributed by atoms with E-state index in [9.17, 15) is 19.2 Å². The van der Waals surface area contributed by atoms with E-state index < -0.39 is 0 Å². The molecule has 0 spiro atoms. The molecule has 0 unspecified atom stereocenters. The quantitative estimate of drug-likeness (QED) is 0.460. The van der Waals surface area contributed by atoms with E-state index in [-0.39, 0.29) is 34.3 Å². The summed E-state index contributed by atoms with van der Waals surface area (Å²) in [5.74, 6) is -1.32. The first-order valence-electron chi connectivity index (χ1n) is 6.80. The molecule has 0 heterocycles. The van der Waals surface area contributed by atoms with E-state index in [0.29, 0.717) is 11.1 Å². The predicted octanol–water partition coefficient (Wildman–Crippen LogP) is 2.81. The smallest absolute Gasteiger partial charge is 0.163 e. The number of ketones is 4. The fourth-order valence-electron chi connectivity index (χ4n) is 1.99. The molecule has 22 heavy (non-hydrogen) atoms. The van der Waals surface area contributed by atoms with E-state index in [1.165, 1.54) is 39.8 Å². The Labute approximate surface area is 129 Å². The Balaban J connectivity index is 3.49. The first-order valence-corrected chi connectivity index (χ1v) is 6.80. The van der Waals surface area contributed by atoms with Crippen molar-refractivity contribution in [2.75, 3.05) is 0 Å². The number of benzene rings is 1. The molecule has 0 N–H and O–H groups in total. The highest BCUT2D eigenvalue weighted by molar-refractivity contribution is 6.23. The van der Waals surface area contributed by atoms with Crippen molar-refractivity contribution in [2.24, 2.45) is 0 Å². The van der Waals surface area contributed by atoms with Gasteiger partial charge in [-0.3, -0.25) is 19.2 Å². The molecule has 0 bridgehead atoms. The summed E-state index contributed by atoms with van der Waals surface area (Å²) < 4.78 is 0. The topological polar surface area (TPSA) is 68.3 Å². The van der Waals surface area contributed by atoms with Crippen molar-refractivity contribution in [3.63, 3.8) is 0 Å². The van der Waals surface area contributed by atoms with Crippen LogP contribution < -0.4 is 0 Å². The zero-order valence-corrected chi connectivity index (χ0v) is 13.1. The zero-order chi connectivity index (χ0) is 16.9. The van der Waals surface area contributed by atoms with Crippen LogP contribution in [0.25, 0.3) is 12.2 Å². The predicted molar refractivity (Wildman–Crippen MR) is 85.1 cm³/mol. The number of rotatable bonds is 6. The van der Waals surface area contributed by atoms with Crippen molar-refractivity contribution in [1.82, 2.24) is 0 Å². The SMILES string of the molecule is CC(=O)C(=Cc1ccccc1C=C(C(C)=O)C(C)=O)C(C)=O. The summed E-state index contributed by atoms with van der Waals surface area (Å²) in [6.07, 6.45) is 2.96. The summed E-state index contributed by atoms with van der Waals surface area (Å²) in [5, 5.41) is 0. The molecule has 0 fully saturated rings. The molecule has 114 valence electrons. The largest absolute Gasteiger partial charge is 0.294 e. The number of allylic oxidation sites excluding steroid dienone is 2. The summed E-state index contributed by atoms with van der Waals surface area (Å²) in [4.78, 5) is 46.1. The van der Waals surface area contributed by atoms with E-state index in [1.807, 2.05) is 0 Å². The fourth-order valence-corrected chi connectivity index (χ4v) is 1.99. The first-order chi connectivity index (χ1) is 10.2. The molecule has 1 aromatic rings. The van der Waals surface area contributed by atoms with Gasteiger partial charge in [-0.2, -0.15) is 0 Å². The molecule has 0 aliphatic heterocycles. The molecule has 0 saturated carbocycles. The van der Waals surface area contributed by atoms with Gasteiger partial charge >= 0.3 is 0 Å². The second-order valence-corrected chi connectivity index (χ2v) is 4.97.